The van der Waals surface area contributed by atoms with Crippen LogP contribution in [0, 0.1) is 13.8 Å². The van der Waals surface area contributed by atoms with Crippen molar-refractivity contribution < 1.29 is 0 Å². The first-order valence-corrected chi connectivity index (χ1v) is 8.30. The van der Waals surface area contributed by atoms with Gasteiger partial charge in [-0.15, -0.1) is 0 Å². The van der Waals surface area contributed by atoms with Crippen LogP contribution >= 0.6 is 0 Å². The van der Waals surface area contributed by atoms with Crippen molar-refractivity contribution >= 4 is 0 Å². The van der Waals surface area contributed by atoms with Gasteiger partial charge in [0.1, 0.15) is 0 Å². The maximum Gasteiger partial charge on any atom is 0.0547 e. The molecule has 3 aromatic rings. The van der Waals surface area contributed by atoms with Crippen LogP contribution in [0.25, 0.3) is 0 Å². The van der Waals surface area contributed by atoms with E-state index in [0.29, 0.717) is 0 Å². The highest BCUT2D eigenvalue weighted by molar-refractivity contribution is 5.16. The van der Waals surface area contributed by atoms with E-state index in [1.165, 1.54) is 5.56 Å². The van der Waals surface area contributed by atoms with Gasteiger partial charge in [0.05, 0.1) is 11.4 Å². The fourth-order valence-electron chi connectivity index (χ4n) is 2.84. The van der Waals surface area contributed by atoms with Crippen LogP contribution in [-0.4, -0.2) is 14.9 Å². The second kappa shape index (κ2) is 7.84. The lowest BCUT2D eigenvalue weighted by atomic mass is 10.2. The Bertz CT molecular complexity index is 736. The molecule has 0 atom stereocenters. The fourth-order valence-corrected chi connectivity index (χ4v) is 2.84. The minimum atomic E-state index is 0.812. The number of hydrogen-bond donors (Lipinski definition) is 0. The zero-order valence-electron chi connectivity index (χ0n) is 14.3. The molecular weight excluding hydrogens is 294 g/mol. The second-order valence-corrected chi connectivity index (χ2v) is 6.17. The van der Waals surface area contributed by atoms with Gasteiger partial charge >= 0.3 is 0 Å². The van der Waals surface area contributed by atoms with Crippen LogP contribution in [-0.2, 0) is 19.6 Å². The summed E-state index contributed by atoms with van der Waals surface area (Å²) >= 11 is 0. The summed E-state index contributed by atoms with van der Waals surface area (Å²) in [7, 11) is 0. The Balaban J connectivity index is 1.80. The van der Waals surface area contributed by atoms with Gasteiger partial charge in [-0.2, -0.15) is 0 Å². The van der Waals surface area contributed by atoms with E-state index in [4.69, 9.17) is 0 Å². The number of aromatic nitrogens is 2. The first-order chi connectivity index (χ1) is 11.7. The molecule has 0 amide bonds. The average Bonchev–Trinajstić information content (AvgIpc) is 2.56. The maximum atomic E-state index is 4.65. The molecule has 0 aliphatic heterocycles. The van der Waals surface area contributed by atoms with Gasteiger partial charge in [0.2, 0.25) is 0 Å². The van der Waals surface area contributed by atoms with Crippen molar-refractivity contribution in [1.29, 1.82) is 0 Å². The monoisotopic (exact) mass is 317 g/mol. The molecule has 0 N–H and O–H groups in total. The second-order valence-electron chi connectivity index (χ2n) is 6.17. The molecule has 3 rings (SSSR count). The van der Waals surface area contributed by atoms with E-state index in [1.54, 1.807) is 0 Å². The summed E-state index contributed by atoms with van der Waals surface area (Å²) in [5.41, 5.74) is 5.61. The minimum Gasteiger partial charge on any atom is -0.287 e. The summed E-state index contributed by atoms with van der Waals surface area (Å²) in [4.78, 5) is 11.7. The third kappa shape index (κ3) is 4.74. The smallest absolute Gasteiger partial charge is 0.0547 e. The molecule has 0 aliphatic carbocycles. The van der Waals surface area contributed by atoms with Gasteiger partial charge < -0.3 is 0 Å². The summed E-state index contributed by atoms with van der Waals surface area (Å²) in [6, 6.07) is 23.0. The molecule has 0 fully saturated rings. The van der Waals surface area contributed by atoms with Crippen LogP contribution < -0.4 is 0 Å². The SMILES string of the molecule is Cc1cccc(CN(Cc2ccccc2)Cc2cccc(C)n2)n1. The van der Waals surface area contributed by atoms with Crippen LogP contribution in [0.3, 0.4) is 0 Å². The number of rotatable bonds is 6. The Labute approximate surface area is 144 Å². The largest absolute Gasteiger partial charge is 0.287 e. The molecule has 24 heavy (non-hydrogen) atoms. The van der Waals surface area contributed by atoms with Gasteiger partial charge in [-0.3, -0.25) is 14.9 Å². The topological polar surface area (TPSA) is 29.0 Å². The van der Waals surface area contributed by atoms with Gasteiger partial charge in [0.15, 0.2) is 0 Å². The van der Waals surface area contributed by atoms with Crippen LogP contribution in [0.4, 0.5) is 0 Å². The van der Waals surface area contributed by atoms with Gasteiger partial charge in [0.25, 0.3) is 0 Å². The third-order valence-corrected chi connectivity index (χ3v) is 3.91. The van der Waals surface area contributed by atoms with Gasteiger partial charge in [-0.05, 0) is 43.7 Å². The summed E-state index contributed by atoms with van der Waals surface area (Å²) in [5, 5.41) is 0. The lowest BCUT2D eigenvalue weighted by molar-refractivity contribution is 0.241. The predicted octanol–water partition coefficient (Wildman–Crippen LogP) is 4.30. The molecule has 1 aromatic carbocycles. The van der Waals surface area contributed by atoms with E-state index in [0.717, 1.165) is 42.4 Å². The Morgan fingerprint density at radius 1 is 0.625 bits per heavy atom. The van der Waals surface area contributed by atoms with E-state index in [-0.39, 0.29) is 0 Å². The van der Waals surface area contributed by atoms with E-state index < -0.39 is 0 Å². The van der Waals surface area contributed by atoms with E-state index in [9.17, 15) is 0 Å². The Kier molecular flexibility index (Phi) is 5.34. The third-order valence-electron chi connectivity index (χ3n) is 3.91. The van der Waals surface area contributed by atoms with Gasteiger partial charge in [0, 0.05) is 31.0 Å². The molecular formula is C21H23N3. The first kappa shape index (κ1) is 16.3. The number of pyridine rings is 2. The summed E-state index contributed by atoms with van der Waals surface area (Å²) in [6.07, 6.45) is 0. The molecule has 0 bridgehead atoms. The number of aryl methyl sites for hydroxylation is 2. The predicted molar refractivity (Wildman–Crippen MR) is 97.3 cm³/mol. The van der Waals surface area contributed by atoms with Crippen molar-refractivity contribution in [3.05, 3.63) is 95.1 Å². The van der Waals surface area contributed by atoms with E-state index in [1.807, 2.05) is 26.0 Å². The zero-order valence-corrected chi connectivity index (χ0v) is 14.3. The van der Waals surface area contributed by atoms with E-state index >= 15 is 0 Å². The van der Waals surface area contributed by atoms with Crippen LogP contribution in [0.2, 0.25) is 0 Å². The normalized spacial score (nSPS) is 11.0. The molecule has 0 radical (unpaired) electrons. The van der Waals surface area contributed by atoms with Crippen molar-refractivity contribution in [3.8, 4) is 0 Å². The molecule has 0 saturated carbocycles. The molecule has 2 heterocycles. The molecule has 0 spiro atoms. The van der Waals surface area contributed by atoms with Crippen molar-refractivity contribution in [2.45, 2.75) is 33.5 Å². The molecule has 3 nitrogen and oxygen atoms in total. The highest BCUT2D eigenvalue weighted by Crippen LogP contribution is 2.13. The Morgan fingerprint density at radius 3 is 1.67 bits per heavy atom. The Morgan fingerprint density at radius 2 is 1.17 bits per heavy atom. The summed E-state index contributed by atoms with van der Waals surface area (Å²) in [6.45, 7) is 6.57. The molecule has 122 valence electrons. The number of nitrogens with zero attached hydrogens (tertiary/aromatic N) is 3. The molecule has 0 unspecified atom stereocenters. The average molecular weight is 317 g/mol. The minimum absolute atomic E-state index is 0.812. The number of benzene rings is 1. The van der Waals surface area contributed by atoms with E-state index in [2.05, 4.69) is 69.5 Å². The first-order valence-electron chi connectivity index (χ1n) is 8.30. The van der Waals surface area contributed by atoms with Crippen molar-refractivity contribution in [2.24, 2.45) is 0 Å². The maximum absolute atomic E-state index is 4.65. The quantitative estimate of drug-likeness (QED) is 0.679. The fraction of sp³-hybridized carbons (Fsp3) is 0.238. The van der Waals surface area contributed by atoms with Gasteiger partial charge in [-0.1, -0.05) is 42.5 Å². The molecule has 0 saturated heterocycles. The van der Waals surface area contributed by atoms with Crippen molar-refractivity contribution in [3.63, 3.8) is 0 Å². The lowest BCUT2D eigenvalue weighted by Crippen LogP contribution is -2.23. The molecule has 3 heteroatoms. The van der Waals surface area contributed by atoms with Crippen LogP contribution in [0.15, 0.2) is 66.7 Å². The summed E-state index contributed by atoms with van der Waals surface area (Å²) in [5.74, 6) is 0. The lowest BCUT2D eigenvalue weighted by Gasteiger charge is -2.22. The zero-order chi connectivity index (χ0) is 16.8. The van der Waals surface area contributed by atoms with Crippen LogP contribution in [0.1, 0.15) is 28.3 Å². The standard InChI is InChI=1S/C21H23N3/c1-17-8-6-12-20(22-17)15-24(14-19-10-4-3-5-11-19)16-21-13-7-9-18(2)23-21/h3-13H,14-16H2,1-2H3. The van der Waals surface area contributed by atoms with Gasteiger partial charge in [-0.25, -0.2) is 0 Å². The number of hydrogen-bond acceptors (Lipinski definition) is 3. The van der Waals surface area contributed by atoms with Crippen LogP contribution in [0.5, 0.6) is 0 Å². The summed E-state index contributed by atoms with van der Waals surface area (Å²) < 4.78 is 0. The highest BCUT2D eigenvalue weighted by Gasteiger charge is 2.10. The Hall–Kier alpha value is -2.52. The van der Waals surface area contributed by atoms with Crippen molar-refractivity contribution in [2.75, 3.05) is 0 Å². The van der Waals surface area contributed by atoms with Crippen molar-refractivity contribution in [1.82, 2.24) is 14.9 Å². The highest BCUT2D eigenvalue weighted by atomic mass is 15.1. The molecule has 2 aromatic heterocycles. The molecule has 0 aliphatic rings.